The lowest BCUT2D eigenvalue weighted by Gasteiger charge is -2.11. The molecule has 1 aromatic carbocycles. The number of hydrogen-bond donors (Lipinski definition) is 2. The maximum Gasteiger partial charge on any atom is 0.250 e. The molecule has 1 heterocycles. The number of primary amides is 1. The number of nitrogen functional groups attached to an aromatic ring is 1. The molecule has 0 bridgehead atoms. The maximum atomic E-state index is 11.3. The highest BCUT2D eigenvalue weighted by molar-refractivity contribution is 7.99. The van der Waals surface area contributed by atoms with Gasteiger partial charge >= 0.3 is 0 Å². The van der Waals surface area contributed by atoms with Gasteiger partial charge in [0.2, 0.25) is 5.16 Å². The second-order valence-electron chi connectivity index (χ2n) is 5.06. The normalized spacial score (nSPS) is 15.4. The fourth-order valence-corrected chi connectivity index (χ4v) is 3.43. The van der Waals surface area contributed by atoms with E-state index in [2.05, 4.69) is 15.5 Å². The van der Waals surface area contributed by atoms with Gasteiger partial charge in [0.1, 0.15) is 0 Å². The SMILES string of the molecule is NC(=O)c1cc(Sc2nnnn2C2CCCC2)ccc1N. The Bertz CT molecular complexity index is 664. The van der Waals surface area contributed by atoms with Crippen molar-refractivity contribution < 1.29 is 4.79 Å². The Morgan fingerprint density at radius 1 is 1.33 bits per heavy atom. The molecule has 1 aliphatic rings. The molecule has 0 atom stereocenters. The molecule has 8 heteroatoms. The van der Waals surface area contributed by atoms with Crippen molar-refractivity contribution in [2.75, 3.05) is 5.73 Å². The van der Waals surface area contributed by atoms with Crippen molar-refractivity contribution in [1.82, 2.24) is 20.2 Å². The minimum Gasteiger partial charge on any atom is -0.398 e. The summed E-state index contributed by atoms with van der Waals surface area (Å²) in [5, 5.41) is 12.6. The van der Waals surface area contributed by atoms with Crippen LogP contribution in [-0.2, 0) is 0 Å². The summed E-state index contributed by atoms with van der Waals surface area (Å²) in [6.45, 7) is 0. The van der Waals surface area contributed by atoms with Crippen molar-refractivity contribution >= 4 is 23.4 Å². The predicted molar refractivity (Wildman–Crippen MR) is 78.8 cm³/mol. The molecule has 21 heavy (non-hydrogen) atoms. The van der Waals surface area contributed by atoms with Gasteiger partial charge in [-0.25, -0.2) is 4.68 Å². The van der Waals surface area contributed by atoms with Gasteiger partial charge in [-0.1, -0.05) is 12.8 Å². The number of nitrogens with zero attached hydrogens (tertiary/aromatic N) is 4. The van der Waals surface area contributed by atoms with Crippen molar-refractivity contribution in [2.24, 2.45) is 5.73 Å². The summed E-state index contributed by atoms with van der Waals surface area (Å²) < 4.78 is 1.87. The van der Waals surface area contributed by atoms with Crippen LogP contribution in [0.4, 0.5) is 5.69 Å². The van der Waals surface area contributed by atoms with E-state index in [1.165, 1.54) is 24.6 Å². The number of carbonyl (C=O) groups is 1. The lowest BCUT2D eigenvalue weighted by molar-refractivity contribution is 0.100. The van der Waals surface area contributed by atoms with Gasteiger partial charge in [-0.3, -0.25) is 4.79 Å². The summed E-state index contributed by atoms with van der Waals surface area (Å²) >= 11 is 1.41. The largest absolute Gasteiger partial charge is 0.398 e. The molecule has 7 nitrogen and oxygen atoms in total. The first-order valence-corrected chi connectivity index (χ1v) is 7.62. The summed E-state index contributed by atoms with van der Waals surface area (Å²) in [6, 6.07) is 5.55. The molecule has 0 saturated heterocycles. The molecule has 1 aromatic heterocycles. The third kappa shape index (κ3) is 2.85. The van der Waals surface area contributed by atoms with Crippen LogP contribution >= 0.6 is 11.8 Å². The third-order valence-electron chi connectivity index (χ3n) is 3.63. The van der Waals surface area contributed by atoms with Crippen LogP contribution in [0.3, 0.4) is 0 Å². The highest BCUT2D eigenvalue weighted by Crippen LogP contribution is 2.34. The van der Waals surface area contributed by atoms with Crippen molar-refractivity contribution in [3.8, 4) is 0 Å². The van der Waals surface area contributed by atoms with Crippen molar-refractivity contribution in [3.05, 3.63) is 23.8 Å². The summed E-state index contributed by atoms with van der Waals surface area (Å²) in [7, 11) is 0. The lowest BCUT2D eigenvalue weighted by Crippen LogP contribution is -2.13. The number of benzene rings is 1. The molecular weight excluding hydrogens is 288 g/mol. The quantitative estimate of drug-likeness (QED) is 0.830. The van der Waals surface area contributed by atoms with Gasteiger partial charge in [0.05, 0.1) is 11.6 Å². The first kappa shape index (κ1) is 13.9. The van der Waals surface area contributed by atoms with E-state index in [9.17, 15) is 4.79 Å². The first-order valence-electron chi connectivity index (χ1n) is 6.80. The second-order valence-corrected chi connectivity index (χ2v) is 6.10. The number of carbonyl (C=O) groups excluding carboxylic acids is 1. The molecule has 3 rings (SSSR count). The smallest absolute Gasteiger partial charge is 0.250 e. The Morgan fingerprint density at radius 3 is 2.81 bits per heavy atom. The van der Waals surface area contributed by atoms with Crippen LogP contribution in [0, 0.1) is 0 Å². The zero-order valence-corrected chi connectivity index (χ0v) is 12.2. The van der Waals surface area contributed by atoms with E-state index >= 15 is 0 Å². The van der Waals surface area contributed by atoms with Gasteiger partial charge in [-0.2, -0.15) is 0 Å². The van der Waals surface area contributed by atoms with Crippen molar-refractivity contribution in [3.63, 3.8) is 0 Å². The predicted octanol–water partition coefficient (Wildman–Crippen LogP) is 1.62. The zero-order chi connectivity index (χ0) is 14.8. The van der Waals surface area contributed by atoms with E-state index in [1.54, 1.807) is 12.1 Å². The molecule has 0 aliphatic heterocycles. The molecule has 1 saturated carbocycles. The topological polar surface area (TPSA) is 113 Å². The average molecular weight is 304 g/mol. The Hall–Kier alpha value is -2.09. The van der Waals surface area contributed by atoms with Crippen LogP contribution in [0.1, 0.15) is 42.1 Å². The van der Waals surface area contributed by atoms with Crippen LogP contribution in [0.15, 0.2) is 28.3 Å². The summed E-state index contributed by atoms with van der Waals surface area (Å²) in [6.07, 6.45) is 4.63. The van der Waals surface area contributed by atoms with Gasteiger partial charge in [-0.15, -0.1) is 5.10 Å². The molecule has 110 valence electrons. The maximum absolute atomic E-state index is 11.3. The number of rotatable bonds is 4. The Balaban J connectivity index is 1.85. The number of tetrazole rings is 1. The highest BCUT2D eigenvalue weighted by Gasteiger charge is 2.22. The number of aromatic nitrogens is 4. The van der Waals surface area contributed by atoms with Crippen molar-refractivity contribution in [2.45, 2.75) is 41.8 Å². The highest BCUT2D eigenvalue weighted by atomic mass is 32.2. The van der Waals surface area contributed by atoms with Gasteiger partial charge < -0.3 is 11.5 Å². The van der Waals surface area contributed by atoms with Crippen LogP contribution in [-0.4, -0.2) is 26.1 Å². The minimum atomic E-state index is -0.537. The van der Waals surface area contributed by atoms with E-state index < -0.39 is 5.91 Å². The molecule has 0 radical (unpaired) electrons. The fourth-order valence-electron chi connectivity index (χ4n) is 2.55. The zero-order valence-electron chi connectivity index (χ0n) is 11.4. The standard InChI is InChI=1S/C13H16N6OS/c14-11-6-5-9(7-10(11)12(15)20)21-13-16-17-18-19(13)8-3-1-2-4-8/h5-8H,1-4,14H2,(H2,15,20). The molecule has 2 aromatic rings. The Morgan fingerprint density at radius 2 is 2.10 bits per heavy atom. The van der Waals surface area contributed by atoms with Gasteiger partial charge in [0.25, 0.3) is 5.91 Å². The van der Waals surface area contributed by atoms with E-state index in [4.69, 9.17) is 11.5 Å². The summed E-state index contributed by atoms with van der Waals surface area (Å²) in [4.78, 5) is 12.2. The van der Waals surface area contributed by atoms with E-state index in [-0.39, 0.29) is 0 Å². The van der Waals surface area contributed by atoms with Crippen molar-refractivity contribution in [1.29, 1.82) is 0 Å². The monoisotopic (exact) mass is 304 g/mol. The molecule has 1 amide bonds. The third-order valence-corrected chi connectivity index (χ3v) is 4.57. The van der Waals surface area contributed by atoms with Gasteiger partial charge in [0, 0.05) is 10.6 Å². The molecule has 0 spiro atoms. The molecule has 1 aliphatic carbocycles. The van der Waals surface area contributed by atoms with Crippen LogP contribution in [0.2, 0.25) is 0 Å². The lowest BCUT2D eigenvalue weighted by atomic mass is 10.2. The molecule has 4 N–H and O–H groups in total. The fraction of sp³-hybridized carbons (Fsp3) is 0.385. The molecule has 0 unspecified atom stereocenters. The number of nitrogens with two attached hydrogens (primary N) is 2. The molecule has 1 fully saturated rings. The summed E-state index contributed by atoms with van der Waals surface area (Å²) in [5.74, 6) is -0.537. The van der Waals surface area contributed by atoms with E-state index in [0.717, 1.165) is 22.9 Å². The van der Waals surface area contributed by atoms with E-state index in [1.807, 2.05) is 10.7 Å². The second kappa shape index (κ2) is 5.72. The summed E-state index contributed by atoms with van der Waals surface area (Å²) in [5.41, 5.74) is 11.7. The van der Waals surface area contributed by atoms with Crippen LogP contribution in [0.25, 0.3) is 0 Å². The number of amides is 1. The molecular formula is C13H16N6OS. The first-order chi connectivity index (χ1) is 10.1. The number of anilines is 1. The van der Waals surface area contributed by atoms with Gasteiger partial charge in [0.15, 0.2) is 0 Å². The van der Waals surface area contributed by atoms with E-state index in [0.29, 0.717) is 17.3 Å². The van der Waals surface area contributed by atoms with Crippen LogP contribution in [0.5, 0.6) is 0 Å². The Kier molecular flexibility index (Phi) is 3.78. The van der Waals surface area contributed by atoms with Gasteiger partial charge in [-0.05, 0) is 53.2 Å². The Labute approximate surface area is 126 Å². The number of hydrogen-bond acceptors (Lipinski definition) is 6. The minimum absolute atomic E-state index is 0.319. The van der Waals surface area contributed by atoms with Crippen LogP contribution < -0.4 is 11.5 Å². The average Bonchev–Trinajstić information content (AvgIpc) is 3.11.